The first kappa shape index (κ1) is 53.4. The van der Waals surface area contributed by atoms with Crippen LogP contribution in [-0.2, 0) is 28.6 Å². The maximum Gasteiger partial charge on any atom is 0.306 e. The van der Waals surface area contributed by atoms with Gasteiger partial charge in [-0.3, -0.25) is 14.4 Å². The van der Waals surface area contributed by atoms with E-state index in [0.29, 0.717) is 19.3 Å². The van der Waals surface area contributed by atoms with E-state index in [1.807, 2.05) is 0 Å². The van der Waals surface area contributed by atoms with Gasteiger partial charge in [0.25, 0.3) is 0 Å². The van der Waals surface area contributed by atoms with E-state index >= 15 is 0 Å². The van der Waals surface area contributed by atoms with Crippen LogP contribution >= 0.6 is 0 Å². The van der Waals surface area contributed by atoms with Gasteiger partial charge in [-0.15, -0.1) is 0 Å². The maximum absolute atomic E-state index is 12.7. The molecule has 0 aliphatic rings. The second-order valence-corrected chi connectivity index (χ2v) is 17.9. The Morgan fingerprint density at radius 2 is 0.636 bits per heavy atom. The molecule has 0 aromatic heterocycles. The molecule has 0 fully saturated rings. The fourth-order valence-corrected chi connectivity index (χ4v) is 7.20. The van der Waals surface area contributed by atoms with Gasteiger partial charge in [-0.05, 0) is 37.0 Å². The molecule has 0 aliphatic heterocycles. The van der Waals surface area contributed by atoms with E-state index in [0.717, 1.165) is 75.5 Å². The Labute approximate surface area is 342 Å². The van der Waals surface area contributed by atoms with Crippen LogP contribution in [-0.4, -0.2) is 37.2 Å². The van der Waals surface area contributed by atoms with E-state index in [4.69, 9.17) is 14.2 Å². The van der Waals surface area contributed by atoms with Crippen molar-refractivity contribution < 1.29 is 28.6 Å². The summed E-state index contributed by atoms with van der Waals surface area (Å²) in [5, 5.41) is 0. The lowest BCUT2D eigenvalue weighted by molar-refractivity contribution is -0.167. The van der Waals surface area contributed by atoms with Gasteiger partial charge in [-0.25, -0.2) is 0 Å². The van der Waals surface area contributed by atoms with Crippen LogP contribution in [0.4, 0.5) is 0 Å². The highest BCUT2D eigenvalue weighted by atomic mass is 16.6. The first-order valence-corrected chi connectivity index (χ1v) is 24.1. The molecular formula is C49H94O6. The molecule has 1 unspecified atom stereocenters. The van der Waals surface area contributed by atoms with Crippen LogP contribution in [0.1, 0.15) is 260 Å². The predicted octanol–water partition coefficient (Wildman–Crippen LogP) is 15.2. The van der Waals surface area contributed by atoms with Crippen LogP contribution in [0, 0.1) is 17.8 Å². The zero-order chi connectivity index (χ0) is 40.6. The molecule has 0 aliphatic carbocycles. The van der Waals surface area contributed by atoms with Crippen molar-refractivity contribution in [3.05, 3.63) is 0 Å². The highest BCUT2D eigenvalue weighted by molar-refractivity contribution is 5.71. The van der Waals surface area contributed by atoms with Crippen molar-refractivity contribution in [3.8, 4) is 0 Å². The quantitative estimate of drug-likeness (QED) is 0.0349. The lowest BCUT2D eigenvalue weighted by Crippen LogP contribution is -2.30. The lowest BCUT2D eigenvalue weighted by atomic mass is 10.00. The van der Waals surface area contributed by atoms with Gasteiger partial charge in [0, 0.05) is 19.3 Å². The van der Waals surface area contributed by atoms with Gasteiger partial charge in [0.05, 0.1) is 0 Å². The molecule has 0 bridgehead atoms. The lowest BCUT2D eigenvalue weighted by Gasteiger charge is -2.18. The van der Waals surface area contributed by atoms with Gasteiger partial charge in [-0.1, -0.05) is 221 Å². The normalized spacial score (nSPS) is 12.7. The van der Waals surface area contributed by atoms with Crippen molar-refractivity contribution >= 4 is 17.9 Å². The monoisotopic (exact) mass is 779 g/mol. The molecule has 326 valence electrons. The van der Waals surface area contributed by atoms with Gasteiger partial charge < -0.3 is 14.2 Å². The third-order valence-corrected chi connectivity index (χ3v) is 11.3. The number of ether oxygens (including phenoxy) is 3. The molecule has 0 saturated heterocycles. The van der Waals surface area contributed by atoms with Crippen LogP contribution in [0.25, 0.3) is 0 Å². The van der Waals surface area contributed by atoms with E-state index in [2.05, 4.69) is 41.5 Å². The number of unbranched alkanes of at least 4 members (excludes halogenated alkanes) is 24. The Morgan fingerprint density at radius 3 is 0.945 bits per heavy atom. The molecule has 6 heteroatoms. The minimum absolute atomic E-state index is 0.0665. The smallest absolute Gasteiger partial charge is 0.306 e. The van der Waals surface area contributed by atoms with Gasteiger partial charge in [0.2, 0.25) is 0 Å². The van der Waals surface area contributed by atoms with Gasteiger partial charge >= 0.3 is 17.9 Å². The fourth-order valence-electron chi connectivity index (χ4n) is 7.20. The van der Waals surface area contributed by atoms with Gasteiger partial charge in [0.15, 0.2) is 6.10 Å². The van der Waals surface area contributed by atoms with Crippen molar-refractivity contribution in [2.24, 2.45) is 17.8 Å². The van der Waals surface area contributed by atoms with Crippen molar-refractivity contribution in [2.75, 3.05) is 13.2 Å². The summed E-state index contributed by atoms with van der Waals surface area (Å²) < 4.78 is 16.7. The van der Waals surface area contributed by atoms with Gasteiger partial charge in [0.1, 0.15) is 13.2 Å². The number of esters is 3. The van der Waals surface area contributed by atoms with Gasteiger partial charge in [-0.2, -0.15) is 0 Å². The summed E-state index contributed by atoms with van der Waals surface area (Å²) in [7, 11) is 0. The largest absolute Gasteiger partial charge is 0.462 e. The molecule has 0 radical (unpaired) electrons. The molecule has 0 aromatic carbocycles. The van der Waals surface area contributed by atoms with E-state index in [9.17, 15) is 14.4 Å². The summed E-state index contributed by atoms with van der Waals surface area (Å²) >= 11 is 0. The standard InChI is InChI=1S/C49H94O6/c1-7-45(6)37-31-25-21-22-28-34-40-49(52)55-46(42-54-48(51)39-33-27-20-16-18-24-30-36-44(4)5)41-53-47(50)38-32-26-19-15-13-11-9-8-10-12-14-17-23-29-35-43(2)3/h43-46H,7-42H2,1-6H3/t45?,46-/m1/s1. The second kappa shape index (κ2) is 40.6. The molecule has 2 atom stereocenters. The molecule has 55 heavy (non-hydrogen) atoms. The van der Waals surface area contributed by atoms with Crippen LogP contribution in [0.3, 0.4) is 0 Å². The highest BCUT2D eigenvalue weighted by Gasteiger charge is 2.19. The molecule has 0 rings (SSSR count). The van der Waals surface area contributed by atoms with Crippen LogP contribution < -0.4 is 0 Å². The minimum atomic E-state index is -0.762. The SMILES string of the molecule is CCC(C)CCCCCCCCC(=O)O[C@H](COC(=O)CCCCCCCCCCCCCCCCC(C)C)COC(=O)CCCCCCCCCC(C)C. The van der Waals surface area contributed by atoms with E-state index in [-0.39, 0.29) is 31.1 Å². The van der Waals surface area contributed by atoms with Crippen LogP contribution in [0.2, 0.25) is 0 Å². The second-order valence-electron chi connectivity index (χ2n) is 17.9. The maximum atomic E-state index is 12.7. The molecular weight excluding hydrogens is 685 g/mol. The average Bonchev–Trinajstić information content (AvgIpc) is 3.15. The van der Waals surface area contributed by atoms with Crippen molar-refractivity contribution in [3.63, 3.8) is 0 Å². The molecule has 0 N–H and O–H groups in total. The fraction of sp³-hybridized carbons (Fsp3) is 0.939. The summed E-state index contributed by atoms with van der Waals surface area (Å²) in [6.07, 6.45) is 38.2. The van der Waals surface area contributed by atoms with Crippen molar-refractivity contribution in [2.45, 2.75) is 266 Å². The Hall–Kier alpha value is -1.59. The summed E-state index contributed by atoms with van der Waals surface area (Å²) in [5.74, 6) is 1.57. The third-order valence-electron chi connectivity index (χ3n) is 11.3. The Kier molecular flexibility index (Phi) is 39.4. The Morgan fingerprint density at radius 1 is 0.364 bits per heavy atom. The summed E-state index contributed by atoms with van der Waals surface area (Å²) in [5.41, 5.74) is 0. The molecule has 0 aromatic rings. The number of hydrogen-bond donors (Lipinski definition) is 0. The van der Waals surface area contributed by atoms with Crippen molar-refractivity contribution in [1.82, 2.24) is 0 Å². The van der Waals surface area contributed by atoms with E-state index in [1.54, 1.807) is 0 Å². The summed E-state index contributed by atoms with van der Waals surface area (Å²) in [6.45, 7) is 13.6. The minimum Gasteiger partial charge on any atom is -0.462 e. The van der Waals surface area contributed by atoms with E-state index < -0.39 is 6.10 Å². The predicted molar refractivity (Wildman–Crippen MR) is 233 cm³/mol. The first-order valence-electron chi connectivity index (χ1n) is 24.1. The molecule has 0 amide bonds. The molecule has 0 saturated carbocycles. The average molecular weight is 779 g/mol. The number of rotatable bonds is 42. The number of hydrogen-bond acceptors (Lipinski definition) is 6. The highest BCUT2D eigenvalue weighted by Crippen LogP contribution is 2.17. The molecule has 0 spiro atoms. The summed E-state index contributed by atoms with van der Waals surface area (Å²) in [4.78, 5) is 37.7. The third kappa shape index (κ3) is 41.9. The first-order chi connectivity index (χ1) is 26.6. The van der Waals surface area contributed by atoms with Crippen LogP contribution in [0.5, 0.6) is 0 Å². The Balaban J connectivity index is 4.27. The van der Waals surface area contributed by atoms with E-state index in [1.165, 1.54) is 141 Å². The summed E-state index contributed by atoms with van der Waals surface area (Å²) in [6, 6.07) is 0. The number of carbonyl (C=O) groups excluding carboxylic acids is 3. The number of carbonyl (C=O) groups is 3. The van der Waals surface area contributed by atoms with Crippen LogP contribution in [0.15, 0.2) is 0 Å². The molecule has 0 heterocycles. The Bertz CT molecular complexity index is 854. The topological polar surface area (TPSA) is 78.9 Å². The van der Waals surface area contributed by atoms with Crippen molar-refractivity contribution in [1.29, 1.82) is 0 Å². The zero-order valence-corrected chi connectivity index (χ0v) is 37.7. The molecule has 6 nitrogen and oxygen atoms in total. The zero-order valence-electron chi connectivity index (χ0n) is 37.7.